The molecule has 0 aliphatic heterocycles. The Morgan fingerprint density at radius 1 is 1.18 bits per heavy atom. The second kappa shape index (κ2) is 8.31. The fourth-order valence-electron chi connectivity index (χ4n) is 2.96. The molecule has 0 radical (unpaired) electrons. The van der Waals surface area contributed by atoms with Gasteiger partial charge in [-0.25, -0.2) is 0 Å². The molecule has 3 aromatic rings. The van der Waals surface area contributed by atoms with Gasteiger partial charge in [-0.2, -0.15) is 4.98 Å². The Kier molecular flexibility index (Phi) is 5.43. The molecule has 0 saturated heterocycles. The smallest absolute Gasteiger partial charge is 0.254 e. The minimum absolute atomic E-state index is 0.0489. The highest BCUT2D eigenvalue weighted by atomic mass is 16.5. The molecule has 0 bridgehead atoms. The molecule has 0 N–H and O–H groups in total. The Bertz CT molecular complexity index is 920. The van der Waals surface area contributed by atoms with E-state index in [-0.39, 0.29) is 5.91 Å². The number of benzene rings is 1. The molecule has 1 amide bonds. The van der Waals surface area contributed by atoms with Crippen LogP contribution in [0.5, 0.6) is 0 Å². The lowest BCUT2D eigenvalue weighted by Gasteiger charge is -2.22. The second-order valence-electron chi connectivity index (χ2n) is 6.88. The quantitative estimate of drug-likeness (QED) is 0.598. The molecular weight excluding hydrogens is 356 g/mol. The molecule has 1 aromatic carbocycles. The van der Waals surface area contributed by atoms with Gasteiger partial charge in [0.15, 0.2) is 0 Å². The van der Waals surface area contributed by atoms with E-state index in [1.807, 2.05) is 24.3 Å². The molecule has 7 heteroatoms. The van der Waals surface area contributed by atoms with Gasteiger partial charge in [-0.1, -0.05) is 17.3 Å². The second-order valence-corrected chi connectivity index (χ2v) is 6.88. The predicted octanol–water partition coefficient (Wildman–Crippen LogP) is 3.30. The van der Waals surface area contributed by atoms with Crippen molar-refractivity contribution >= 4 is 5.91 Å². The molecule has 2 heterocycles. The molecule has 144 valence electrons. The molecule has 1 saturated carbocycles. The normalized spacial score (nSPS) is 13.5. The van der Waals surface area contributed by atoms with Crippen LogP contribution < -0.4 is 0 Å². The molecule has 0 atom stereocenters. The molecular formula is C21H22N4O3. The molecule has 0 spiro atoms. The van der Waals surface area contributed by atoms with Gasteiger partial charge in [-0.3, -0.25) is 9.78 Å². The Labute approximate surface area is 163 Å². The van der Waals surface area contributed by atoms with E-state index in [9.17, 15) is 4.79 Å². The number of hydrogen-bond donors (Lipinski definition) is 0. The summed E-state index contributed by atoms with van der Waals surface area (Å²) in [5, 5.41) is 4.05. The first-order valence-electron chi connectivity index (χ1n) is 9.36. The zero-order valence-corrected chi connectivity index (χ0v) is 15.7. The van der Waals surface area contributed by atoms with Crippen LogP contribution in [-0.4, -0.2) is 46.2 Å². The van der Waals surface area contributed by atoms with E-state index < -0.39 is 0 Å². The summed E-state index contributed by atoms with van der Waals surface area (Å²) in [7, 11) is 1.63. The van der Waals surface area contributed by atoms with Crippen molar-refractivity contribution in [3.63, 3.8) is 0 Å². The van der Waals surface area contributed by atoms with Crippen LogP contribution in [0.15, 0.2) is 53.3 Å². The lowest BCUT2D eigenvalue weighted by Crippen LogP contribution is -2.33. The zero-order valence-electron chi connectivity index (χ0n) is 15.7. The number of aromatic nitrogens is 3. The third-order valence-electron chi connectivity index (χ3n) is 4.73. The number of methoxy groups -OCH3 is 1. The first-order valence-corrected chi connectivity index (χ1v) is 9.36. The molecule has 4 rings (SSSR count). The summed E-state index contributed by atoms with van der Waals surface area (Å²) in [4.78, 5) is 23.3. The van der Waals surface area contributed by atoms with E-state index >= 15 is 0 Å². The Balaban J connectivity index is 1.49. The van der Waals surface area contributed by atoms with Crippen LogP contribution in [0.3, 0.4) is 0 Å². The summed E-state index contributed by atoms with van der Waals surface area (Å²) in [5.74, 6) is 1.64. The van der Waals surface area contributed by atoms with Crippen LogP contribution in [0.2, 0.25) is 0 Å². The van der Waals surface area contributed by atoms with Gasteiger partial charge in [0, 0.05) is 49.6 Å². The van der Waals surface area contributed by atoms with Gasteiger partial charge < -0.3 is 14.2 Å². The molecule has 7 nitrogen and oxygen atoms in total. The number of rotatable bonds is 8. The third kappa shape index (κ3) is 4.26. The van der Waals surface area contributed by atoms with Crippen LogP contribution in [0.25, 0.3) is 11.4 Å². The minimum Gasteiger partial charge on any atom is -0.383 e. The van der Waals surface area contributed by atoms with Crippen LogP contribution in [-0.2, 0) is 11.3 Å². The van der Waals surface area contributed by atoms with Crippen molar-refractivity contribution in [3.8, 4) is 11.4 Å². The highest BCUT2D eigenvalue weighted by Gasteiger charge is 2.29. The topological polar surface area (TPSA) is 81.4 Å². The van der Waals surface area contributed by atoms with Crippen molar-refractivity contribution in [3.05, 3.63) is 65.8 Å². The predicted molar refractivity (Wildman–Crippen MR) is 103 cm³/mol. The van der Waals surface area contributed by atoms with Gasteiger partial charge in [0.1, 0.15) is 0 Å². The summed E-state index contributed by atoms with van der Waals surface area (Å²) in [6.45, 7) is 1.48. The standard InChI is InChI=1S/C21H22N4O3/c1-27-13-12-25(14-15-8-10-22-11-9-15)21(26)18-6-2-16(3-7-18)19-23-20(28-24-19)17-4-5-17/h2-3,6-11,17H,4-5,12-14H2,1H3. The van der Waals surface area contributed by atoms with Gasteiger partial charge >= 0.3 is 0 Å². The molecule has 1 fully saturated rings. The molecule has 1 aliphatic rings. The summed E-state index contributed by atoms with van der Waals surface area (Å²) in [6, 6.07) is 11.1. The molecule has 0 unspecified atom stereocenters. The summed E-state index contributed by atoms with van der Waals surface area (Å²) in [5.41, 5.74) is 2.47. The van der Waals surface area contributed by atoms with E-state index in [4.69, 9.17) is 9.26 Å². The average Bonchev–Trinajstić information content (AvgIpc) is 3.48. The molecule has 2 aromatic heterocycles. The number of carbonyl (C=O) groups excluding carboxylic acids is 1. The van der Waals surface area contributed by atoms with Crippen molar-refractivity contribution < 1.29 is 14.1 Å². The SMILES string of the molecule is COCCN(Cc1ccncc1)C(=O)c1ccc(-c2noc(C3CC3)n2)cc1. The summed E-state index contributed by atoms with van der Waals surface area (Å²) >= 11 is 0. The van der Waals surface area contributed by atoms with Crippen LogP contribution >= 0.6 is 0 Å². The highest BCUT2D eigenvalue weighted by molar-refractivity contribution is 5.94. The first-order chi connectivity index (χ1) is 13.7. The monoisotopic (exact) mass is 378 g/mol. The average molecular weight is 378 g/mol. The zero-order chi connectivity index (χ0) is 19.3. The van der Waals surface area contributed by atoms with E-state index in [0.717, 1.165) is 24.0 Å². The first kappa shape index (κ1) is 18.3. The Morgan fingerprint density at radius 3 is 2.61 bits per heavy atom. The maximum absolute atomic E-state index is 13.0. The molecule has 28 heavy (non-hydrogen) atoms. The van der Waals surface area contributed by atoms with Gasteiger partial charge in [-0.15, -0.1) is 0 Å². The molecule has 1 aliphatic carbocycles. The third-order valence-corrected chi connectivity index (χ3v) is 4.73. The number of hydrogen-bond acceptors (Lipinski definition) is 6. The van der Waals surface area contributed by atoms with E-state index in [1.54, 1.807) is 36.5 Å². The van der Waals surface area contributed by atoms with Gasteiger partial charge in [-0.05, 0) is 42.7 Å². The highest BCUT2D eigenvalue weighted by Crippen LogP contribution is 2.39. The minimum atomic E-state index is -0.0489. The maximum Gasteiger partial charge on any atom is 0.254 e. The van der Waals surface area contributed by atoms with Crippen molar-refractivity contribution in [1.82, 2.24) is 20.0 Å². The van der Waals surface area contributed by atoms with Crippen molar-refractivity contribution in [2.45, 2.75) is 25.3 Å². The number of carbonyl (C=O) groups is 1. The van der Waals surface area contributed by atoms with Crippen LogP contribution in [0.1, 0.15) is 40.6 Å². The Morgan fingerprint density at radius 2 is 1.93 bits per heavy atom. The van der Waals surface area contributed by atoms with Gasteiger partial charge in [0.2, 0.25) is 11.7 Å². The van der Waals surface area contributed by atoms with Crippen LogP contribution in [0, 0.1) is 0 Å². The number of ether oxygens (including phenoxy) is 1. The van der Waals surface area contributed by atoms with Crippen molar-refractivity contribution in [2.75, 3.05) is 20.3 Å². The van der Waals surface area contributed by atoms with Gasteiger partial charge in [0.05, 0.1) is 6.61 Å². The number of pyridine rings is 1. The van der Waals surface area contributed by atoms with E-state index in [1.165, 1.54) is 0 Å². The fourth-order valence-corrected chi connectivity index (χ4v) is 2.96. The van der Waals surface area contributed by atoms with Gasteiger partial charge in [0.25, 0.3) is 5.91 Å². The lowest BCUT2D eigenvalue weighted by molar-refractivity contribution is 0.0680. The fraction of sp³-hybridized carbons (Fsp3) is 0.333. The van der Waals surface area contributed by atoms with Crippen molar-refractivity contribution in [2.24, 2.45) is 0 Å². The largest absolute Gasteiger partial charge is 0.383 e. The summed E-state index contributed by atoms with van der Waals surface area (Å²) < 4.78 is 10.5. The summed E-state index contributed by atoms with van der Waals surface area (Å²) in [6.07, 6.45) is 5.68. The van der Waals surface area contributed by atoms with E-state index in [0.29, 0.717) is 42.9 Å². The van der Waals surface area contributed by atoms with E-state index in [2.05, 4.69) is 15.1 Å². The van der Waals surface area contributed by atoms with Crippen LogP contribution in [0.4, 0.5) is 0 Å². The maximum atomic E-state index is 13.0. The number of nitrogens with zero attached hydrogens (tertiary/aromatic N) is 4. The number of amides is 1. The van der Waals surface area contributed by atoms with Crippen molar-refractivity contribution in [1.29, 1.82) is 0 Å². The lowest BCUT2D eigenvalue weighted by atomic mass is 10.1. The Hall–Kier alpha value is -3.06.